The summed E-state index contributed by atoms with van der Waals surface area (Å²) in [6.45, 7) is 0. The van der Waals surface area contributed by atoms with Gasteiger partial charge in [-0.3, -0.25) is 4.79 Å². The van der Waals surface area contributed by atoms with Gasteiger partial charge in [0.15, 0.2) is 0 Å². The number of para-hydroxylation sites is 1. The van der Waals surface area contributed by atoms with E-state index in [1.807, 2.05) is 12.1 Å². The van der Waals surface area contributed by atoms with E-state index in [2.05, 4.69) is 5.32 Å². The summed E-state index contributed by atoms with van der Waals surface area (Å²) in [4.78, 5) is 12.3. The van der Waals surface area contributed by atoms with E-state index in [1.165, 1.54) is 49.6 Å². The minimum Gasteiger partial charge on any atom is -0.497 e. The summed E-state index contributed by atoms with van der Waals surface area (Å²) in [5.74, 6) is 0.0796. The molecule has 156 valence electrons. The van der Waals surface area contributed by atoms with E-state index < -0.39 is 16.0 Å². The van der Waals surface area contributed by atoms with Gasteiger partial charge in [-0.05, 0) is 60.2 Å². The summed E-state index contributed by atoms with van der Waals surface area (Å²) < 4.78 is 35.0. The van der Waals surface area contributed by atoms with Crippen molar-refractivity contribution in [3.8, 4) is 17.6 Å². The summed E-state index contributed by atoms with van der Waals surface area (Å²) in [6.07, 6.45) is 1.40. The van der Waals surface area contributed by atoms with Crippen LogP contribution in [0.4, 0.5) is 5.69 Å². The Labute approximate surface area is 180 Å². The van der Waals surface area contributed by atoms with Crippen LogP contribution < -0.4 is 14.2 Å². The number of hydrogen-bond donors (Lipinski definition) is 1. The number of nitrogens with one attached hydrogen (secondary N) is 1. The van der Waals surface area contributed by atoms with Crippen LogP contribution >= 0.6 is 0 Å². The first-order valence-corrected chi connectivity index (χ1v) is 10.5. The van der Waals surface area contributed by atoms with Crippen LogP contribution in [0.3, 0.4) is 0 Å². The lowest BCUT2D eigenvalue weighted by atomic mass is 10.1. The van der Waals surface area contributed by atoms with Gasteiger partial charge >= 0.3 is 10.1 Å². The van der Waals surface area contributed by atoms with E-state index in [-0.39, 0.29) is 16.2 Å². The molecular weight excluding hydrogens is 416 g/mol. The van der Waals surface area contributed by atoms with Gasteiger partial charge in [-0.2, -0.15) is 13.7 Å². The lowest BCUT2D eigenvalue weighted by molar-refractivity contribution is -0.112. The lowest BCUT2D eigenvalue weighted by Crippen LogP contribution is -2.13. The lowest BCUT2D eigenvalue weighted by Gasteiger charge is -2.08. The molecule has 0 spiro atoms. The van der Waals surface area contributed by atoms with Crippen molar-refractivity contribution in [2.24, 2.45) is 0 Å². The fourth-order valence-corrected chi connectivity index (χ4v) is 3.50. The second-order valence-electron chi connectivity index (χ2n) is 6.27. The maximum atomic E-state index is 12.4. The van der Waals surface area contributed by atoms with Crippen LogP contribution in [0.2, 0.25) is 0 Å². The van der Waals surface area contributed by atoms with Crippen molar-refractivity contribution in [2.75, 3.05) is 12.4 Å². The molecule has 0 saturated heterocycles. The Bertz CT molecular complexity index is 1230. The molecule has 0 atom stereocenters. The van der Waals surface area contributed by atoms with Crippen molar-refractivity contribution in [1.82, 2.24) is 0 Å². The molecule has 3 aromatic rings. The zero-order chi connectivity index (χ0) is 22.3. The van der Waals surface area contributed by atoms with Gasteiger partial charge in [0.2, 0.25) is 0 Å². The Morgan fingerprint density at radius 3 is 2.13 bits per heavy atom. The second-order valence-corrected chi connectivity index (χ2v) is 7.82. The van der Waals surface area contributed by atoms with Gasteiger partial charge in [-0.25, -0.2) is 0 Å². The number of carbonyl (C=O) groups is 1. The Morgan fingerprint density at radius 1 is 0.935 bits per heavy atom. The van der Waals surface area contributed by atoms with Crippen LogP contribution in [-0.4, -0.2) is 21.4 Å². The highest BCUT2D eigenvalue weighted by Crippen LogP contribution is 2.22. The molecule has 31 heavy (non-hydrogen) atoms. The Balaban J connectivity index is 1.72. The first-order chi connectivity index (χ1) is 14.9. The first-order valence-electron chi connectivity index (χ1n) is 9.08. The molecule has 0 aliphatic carbocycles. The van der Waals surface area contributed by atoms with Crippen LogP contribution in [0.25, 0.3) is 6.08 Å². The largest absolute Gasteiger partial charge is 0.497 e. The summed E-state index contributed by atoms with van der Waals surface area (Å²) in [7, 11) is -2.53. The monoisotopic (exact) mass is 434 g/mol. The molecule has 0 bridgehead atoms. The van der Waals surface area contributed by atoms with E-state index in [0.29, 0.717) is 17.0 Å². The first kappa shape index (κ1) is 21.6. The van der Waals surface area contributed by atoms with Gasteiger partial charge in [0.25, 0.3) is 5.91 Å². The fourth-order valence-electron chi connectivity index (χ4n) is 2.57. The SMILES string of the molecule is COc1ccc(S(=O)(=O)Oc2ccc(/C=C(\C#N)C(=O)Nc3ccccc3)cc2)cc1. The summed E-state index contributed by atoms with van der Waals surface area (Å²) in [5, 5.41) is 12.0. The van der Waals surface area contributed by atoms with E-state index in [4.69, 9.17) is 8.92 Å². The predicted octanol–water partition coefficient (Wildman–Crippen LogP) is 4.01. The number of methoxy groups -OCH3 is 1. The average molecular weight is 434 g/mol. The van der Waals surface area contributed by atoms with Crippen LogP contribution in [0, 0.1) is 11.3 Å². The van der Waals surface area contributed by atoms with Gasteiger partial charge in [-0.15, -0.1) is 0 Å². The summed E-state index contributed by atoms with van der Waals surface area (Å²) in [6, 6.07) is 22.4. The van der Waals surface area contributed by atoms with Gasteiger partial charge in [0.05, 0.1) is 7.11 Å². The molecule has 1 N–H and O–H groups in total. The molecule has 0 radical (unpaired) electrons. The Hall–Kier alpha value is -4.09. The number of carbonyl (C=O) groups excluding carboxylic acids is 1. The van der Waals surface area contributed by atoms with Crippen molar-refractivity contribution in [2.45, 2.75) is 4.90 Å². The molecule has 0 saturated carbocycles. The van der Waals surface area contributed by atoms with Gasteiger partial charge in [0.1, 0.15) is 28.0 Å². The van der Waals surface area contributed by atoms with Crippen LogP contribution in [0.15, 0.2) is 89.3 Å². The number of hydrogen-bond acceptors (Lipinski definition) is 6. The molecule has 0 aliphatic heterocycles. The second kappa shape index (κ2) is 9.61. The third-order valence-corrected chi connectivity index (χ3v) is 5.40. The van der Waals surface area contributed by atoms with Crippen molar-refractivity contribution in [3.05, 3.63) is 90.0 Å². The van der Waals surface area contributed by atoms with E-state index in [9.17, 15) is 18.5 Å². The van der Waals surface area contributed by atoms with Gasteiger partial charge in [0, 0.05) is 5.69 Å². The maximum absolute atomic E-state index is 12.4. The third-order valence-electron chi connectivity index (χ3n) is 4.14. The third kappa shape index (κ3) is 5.72. The normalized spacial score (nSPS) is 11.3. The molecule has 3 aromatic carbocycles. The smallest absolute Gasteiger partial charge is 0.339 e. The van der Waals surface area contributed by atoms with Crippen LogP contribution in [0.1, 0.15) is 5.56 Å². The quantitative estimate of drug-likeness (QED) is 0.342. The van der Waals surface area contributed by atoms with Crippen molar-refractivity contribution >= 4 is 27.8 Å². The number of amides is 1. The molecule has 8 heteroatoms. The summed E-state index contributed by atoms with van der Waals surface area (Å²) in [5.41, 5.74) is 1.01. The maximum Gasteiger partial charge on any atom is 0.339 e. The molecule has 0 heterocycles. The molecular formula is C23H18N2O5S. The number of nitrogens with zero attached hydrogens (tertiary/aromatic N) is 1. The van der Waals surface area contributed by atoms with Crippen LogP contribution in [0.5, 0.6) is 11.5 Å². The predicted molar refractivity (Wildman–Crippen MR) is 116 cm³/mol. The van der Waals surface area contributed by atoms with Gasteiger partial charge < -0.3 is 14.2 Å². The minimum atomic E-state index is -4.01. The Morgan fingerprint density at radius 2 is 1.55 bits per heavy atom. The average Bonchev–Trinajstić information content (AvgIpc) is 2.79. The zero-order valence-electron chi connectivity index (χ0n) is 16.5. The highest BCUT2D eigenvalue weighted by Gasteiger charge is 2.17. The molecule has 1 amide bonds. The van der Waals surface area contributed by atoms with Gasteiger partial charge in [-0.1, -0.05) is 30.3 Å². The zero-order valence-corrected chi connectivity index (χ0v) is 17.3. The molecule has 0 aliphatic rings. The highest BCUT2D eigenvalue weighted by molar-refractivity contribution is 7.87. The van der Waals surface area contributed by atoms with E-state index in [1.54, 1.807) is 36.4 Å². The molecule has 3 rings (SSSR count). The number of rotatable bonds is 7. The standard InChI is InChI=1S/C23H18N2O5S/c1-29-20-11-13-22(14-12-20)31(27,28)30-21-9-7-17(8-10-21)15-18(16-24)23(26)25-19-5-3-2-4-6-19/h2-15H,1H3,(H,25,26)/b18-15+. The fraction of sp³-hybridized carbons (Fsp3) is 0.0435. The number of nitriles is 1. The molecule has 0 unspecified atom stereocenters. The summed E-state index contributed by atoms with van der Waals surface area (Å²) >= 11 is 0. The highest BCUT2D eigenvalue weighted by atomic mass is 32.2. The van der Waals surface area contributed by atoms with Crippen molar-refractivity contribution in [3.63, 3.8) is 0 Å². The molecule has 0 aromatic heterocycles. The van der Waals surface area contributed by atoms with Crippen molar-refractivity contribution in [1.29, 1.82) is 5.26 Å². The number of ether oxygens (including phenoxy) is 1. The van der Waals surface area contributed by atoms with E-state index in [0.717, 1.165) is 0 Å². The number of anilines is 1. The molecule has 7 nitrogen and oxygen atoms in total. The minimum absolute atomic E-state index is 0.0124. The number of benzene rings is 3. The Kier molecular flexibility index (Phi) is 6.70. The van der Waals surface area contributed by atoms with Crippen molar-refractivity contribution < 1.29 is 22.1 Å². The van der Waals surface area contributed by atoms with Crippen LogP contribution in [-0.2, 0) is 14.9 Å². The topological polar surface area (TPSA) is 105 Å². The molecule has 0 fully saturated rings. The van der Waals surface area contributed by atoms with E-state index >= 15 is 0 Å².